The van der Waals surface area contributed by atoms with Gasteiger partial charge in [-0.15, -0.1) is 10.2 Å². The van der Waals surface area contributed by atoms with E-state index in [9.17, 15) is 0 Å². The van der Waals surface area contributed by atoms with E-state index in [0.717, 1.165) is 15.7 Å². The monoisotopic (exact) mass is 247 g/mol. The highest BCUT2D eigenvalue weighted by molar-refractivity contribution is 7.16. The lowest BCUT2D eigenvalue weighted by atomic mass is 10.3. The van der Waals surface area contributed by atoms with Gasteiger partial charge < -0.3 is 10.5 Å². The van der Waals surface area contributed by atoms with Gasteiger partial charge in [-0.2, -0.15) is 9.61 Å². The summed E-state index contributed by atoms with van der Waals surface area (Å²) in [6, 6.07) is 7.30. The lowest BCUT2D eigenvalue weighted by molar-refractivity contribution is 0.304. The van der Waals surface area contributed by atoms with Gasteiger partial charge in [0.25, 0.3) is 0 Å². The number of nitrogen functional groups attached to an aromatic ring is 1. The highest BCUT2D eigenvalue weighted by Crippen LogP contribution is 2.18. The van der Waals surface area contributed by atoms with Gasteiger partial charge in [-0.05, 0) is 12.1 Å². The fraction of sp³-hybridized carbons (Fsp3) is 0.100. The molecule has 7 heteroatoms. The average Bonchev–Trinajstić information content (AvgIpc) is 2.86. The summed E-state index contributed by atoms with van der Waals surface area (Å²) in [7, 11) is 0. The number of nitrogens with zero attached hydrogens (tertiary/aromatic N) is 4. The van der Waals surface area contributed by atoms with Crippen LogP contribution in [0, 0.1) is 0 Å². The van der Waals surface area contributed by atoms with E-state index in [1.807, 2.05) is 18.2 Å². The van der Waals surface area contributed by atoms with Crippen molar-refractivity contribution in [3.05, 3.63) is 35.6 Å². The Morgan fingerprint density at radius 1 is 1.41 bits per heavy atom. The molecule has 3 aromatic rings. The van der Waals surface area contributed by atoms with Gasteiger partial charge in [0.1, 0.15) is 18.7 Å². The number of hydrogen-bond donors (Lipinski definition) is 1. The van der Waals surface area contributed by atoms with Crippen LogP contribution in [0.15, 0.2) is 30.6 Å². The Bertz CT molecular complexity index is 618. The third-order valence-electron chi connectivity index (χ3n) is 2.15. The number of fused-ring (bicyclic) bond motifs is 1. The highest BCUT2D eigenvalue weighted by Gasteiger charge is 2.05. The summed E-state index contributed by atoms with van der Waals surface area (Å²) < 4.78 is 7.21. The van der Waals surface area contributed by atoms with Crippen LogP contribution in [0.2, 0.25) is 0 Å². The average molecular weight is 247 g/mol. The van der Waals surface area contributed by atoms with Crippen LogP contribution in [0.3, 0.4) is 0 Å². The topological polar surface area (TPSA) is 78.3 Å². The van der Waals surface area contributed by atoms with Crippen molar-refractivity contribution in [3.8, 4) is 5.75 Å². The van der Waals surface area contributed by atoms with Crippen molar-refractivity contribution in [2.75, 3.05) is 5.73 Å². The van der Waals surface area contributed by atoms with Crippen LogP contribution in [0.25, 0.3) is 4.96 Å². The van der Waals surface area contributed by atoms with Crippen LogP contribution in [0.1, 0.15) is 5.01 Å². The van der Waals surface area contributed by atoms with Gasteiger partial charge in [0, 0.05) is 11.8 Å². The molecule has 0 spiro atoms. The zero-order valence-electron chi connectivity index (χ0n) is 8.78. The number of rotatable bonds is 3. The number of hydrogen-bond acceptors (Lipinski definition) is 6. The van der Waals surface area contributed by atoms with E-state index in [-0.39, 0.29) is 0 Å². The third kappa shape index (κ3) is 2.04. The minimum atomic E-state index is 0.400. The van der Waals surface area contributed by atoms with E-state index in [1.165, 1.54) is 11.3 Å². The second-order valence-electron chi connectivity index (χ2n) is 3.42. The Balaban J connectivity index is 1.74. The summed E-state index contributed by atoms with van der Waals surface area (Å²) in [4.78, 5) is 0.760. The lowest BCUT2D eigenvalue weighted by Crippen LogP contribution is -1.96. The van der Waals surface area contributed by atoms with Crippen molar-refractivity contribution in [1.29, 1.82) is 0 Å². The molecule has 0 atom stereocenters. The first-order chi connectivity index (χ1) is 8.31. The maximum absolute atomic E-state index is 5.66. The molecule has 1 aromatic carbocycles. The van der Waals surface area contributed by atoms with Crippen LogP contribution >= 0.6 is 11.3 Å². The molecule has 0 aliphatic heterocycles. The van der Waals surface area contributed by atoms with Crippen molar-refractivity contribution >= 4 is 22.0 Å². The van der Waals surface area contributed by atoms with Crippen molar-refractivity contribution < 1.29 is 4.74 Å². The van der Waals surface area contributed by atoms with E-state index in [1.54, 1.807) is 16.9 Å². The number of aromatic nitrogens is 4. The van der Waals surface area contributed by atoms with Crippen molar-refractivity contribution in [2.45, 2.75) is 6.61 Å². The van der Waals surface area contributed by atoms with Gasteiger partial charge in [0.2, 0.25) is 4.96 Å². The van der Waals surface area contributed by atoms with Crippen LogP contribution in [-0.4, -0.2) is 19.8 Å². The maximum atomic E-state index is 5.66. The molecule has 2 heterocycles. The SMILES string of the molecule is Nc1cccc(OCc2nn3cnnc3s2)c1. The van der Waals surface area contributed by atoms with E-state index in [0.29, 0.717) is 12.3 Å². The molecule has 0 aliphatic rings. The molecule has 86 valence electrons. The molecule has 0 bridgehead atoms. The summed E-state index contributed by atoms with van der Waals surface area (Å²) in [6.07, 6.45) is 1.57. The molecule has 0 fully saturated rings. The normalized spacial score (nSPS) is 10.8. The summed E-state index contributed by atoms with van der Waals surface area (Å²) in [5, 5.41) is 12.7. The van der Waals surface area contributed by atoms with Crippen LogP contribution in [-0.2, 0) is 6.61 Å². The predicted octanol–water partition coefficient (Wildman–Crippen LogP) is 1.35. The Labute approximate surface area is 101 Å². The zero-order chi connectivity index (χ0) is 11.7. The maximum Gasteiger partial charge on any atom is 0.234 e. The number of ether oxygens (including phenoxy) is 1. The number of nitrogens with two attached hydrogens (primary N) is 1. The molecule has 2 N–H and O–H groups in total. The van der Waals surface area contributed by atoms with Gasteiger partial charge in [0.05, 0.1) is 0 Å². The van der Waals surface area contributed by atoms with E-state index in [2.05, 4.69) is 15.3 Å². The summed E-state index contributed by atoms with van der Waals surface area (Å²) in [5.41, 5.74) is 6.34. The highest BCUT2D eigenvalue weighted by atomic mass is 32.1. The fourth-order valence-electron chi connectivity index (χ4n) is 1.41. The van der Waals surface area contributed by atoms with E-state index < -0.39 is 0 Å². The molecule has 0 amide bonds. The van der Waals surface area contributed by atoms with Crippen molar-refractivity contribution in [3.63, 3.8) is 0 Å². The van der Waals surface area contributed by atoms with Crippen LogP contribution in [0.5, 0.6) is 5.75 Å². The van der Waals surface area contributed by atoms with Crippen molar-refractivity contribution in [2.24, 2.45) is 0 Å². The lowest BCUT2D eigenvalue weighted by Gasteiger charge is -2.03. The minimum absolute atomic E-state index is 0.400. The Hall–Kier alpha value is -2.15. The quantitative estimate of drug-likeness (QED) is 0.707. The molecule has 3 rings (SSSR count). The molecule has 0 saturated carbocycles. The Kier molecular flexibility index (Phi) is 2.37. The molecule has 0 unspecified atom stereocenters. The standard InChI is InChI=1S/C10H9N5OS/c11-7-2-1-3-8(4-7)16-5-9-14-15-6-12-13-10(15)17-9/h1-4,6H,5,11H2. The third-order valence-corrected chi connectivity index (χ3v) is 3.04. The molecule has 0 aliphatic carbocycles. The van der Waals surface area contributed by atoms with Gasteiger partial charge >= 0.3 is 0 Å². The smallest absolute Gasteiger partial charge is 0.234 e. The van der Waals surface area contributed by atoms with Crippen molar-refractivity contribution in [1.82, 2.24) is 19.8 Å². The minimum Gasteiger partial charge on any atom is -0.486 e. The van der Waals surface area contributed by atoms with Gasteiger partial charge in [-0.1, -0.05) is 17.4 Å². The van der Waals surface area contributed by atoms with Crippen LogP contribution < -0.4 is 10.5 Å². The van der Waals surface area contributed by atoms with E-state index >= 15 is 0 Å². The Morgan fingerprint density at radius 3 is 3.18 bits per heavy atom. The first-order valence-electron chi connectivity index (χ1n) is 4.95. The first-order valence-corrected chi connectivity index (χ1v) is 5.77. The predicted molar refractivity (Wildman–Crippen MR) is 63.8 cm³/mol. The Morgan fingerprint density at radius 2 is 2.35 bits per heavy atom. The molecule has 2 aromatic heterocycles. The van der Waals surface area contributed by atoms with Gasteiger partial charge in [-0.25, -0.2) is 0 Å². The molecular formula is C10H9N5OS. The first kappa shape index (κ1) is 10.0. The van der Waals surface area contributed by atoms with E-state index in [4.69, 9.17) is 10.5 Å². The second kappa shape index (κ2) is 4.02. The fourth-order valence-corrected chi connectivity index (χ4v) is 2.14. The number of benzene rings is 1. The molecule has 0 radical (unpaired) electrons. The molecule has 6 nitrogen and oxygen atoms in total. The molecule has 0 saturated heterocycles. The summed E-state index contributed by atoms with van der Waals surface area (Å²) in [5.74, 6) is 0.732. The largest absolute Gasteiger partial charge is 0.486 e. The summed E-state index contributed by atoms with van der Waals surface area (Å²) in [6.45, 7) is 0.400. The van der Waals surface area contributed by atoms with Gasteiger partial charge in [-0.3, -0.25) is 0 Å². The zero-order valence-corrected chi connectivity index (χ0v) is 9.59. The second-order valence-corrected chi connectivity index (χ2v) is 4.46. The number of anilines is 1. The summed E-state index contributed by atoms with van der Waals surface area (Å²) >= 11 is 1.45. The van der Waals surface area contributed by atoms with Gasteiger partial charge in [0.15, 0.2) is 5.01 Å². The van der Waals surface area contributed by atoms with Crippen LogP contribution in [0.4, 0.5) is 5.69 Å². The molecular weight excluding hydrogens is 238 g/mol. The molecule has 17 heavy (non-hydrogen) atoms.